The molecule has 3 N–H and O–H groups in total. The van der Waals surface area contributed by atoms with Gasteiger partial charge in [-0.25, -0.2) is 0 Å². The van der Waals surface area contributed by atoms with Gasteiger partial charge >= 0.3 is 10.2 Å². The van der Waals surface area contributed by atoms with Crippen molar-refractivity contribution in [2.24, 2.45) is 0 Å². The number of hydrogen-bond acceptors (Lipinski definition) is 6. The highest BCUT2D eigenvalue weighted by molar-refractivity contribution is 8.01. The molecule has 1 aliphatic heterocycles. The molecule has 0 saturated carbocycles. The molecule has 0 spiro atoms. The molecule has 0 aliphatic carbocycles. The minimum atomic E-state index is -4.76. The highest BCUT2D eigenvalue weighted by atomic mass is 32.3. The van der Waals surface area contributed by atoms with Crippen LogP contribution in [0.3, 0.4) is 0 Å². The molecular weight excluding hydrogens is 465 g/mol. The van der Waals surface area contributed by atoms with Crippen molar-refractivity contribution in [1.29, 1.82) is 0 Å². The van der Waals surface area contributed by atoms with Crippen LogP contribution >= 0.6 is 11.8 Å². The number of nitrogens with one attached hydrogen (secondary N) is 3. The number of carbonyl (C=O) groups excluding carboxylic acids is 2. The highest BCUT2D eigenvalue weighted by Crippen LogP contribution is 2.36. The van der Waals surface area contributed by atoms with E-state index in [1.165, 1.54) is 30.0 Å². The van der Waals surface area contributed by atoms with Crippen LogP contribution in [0.2, 0.25) is 0 Å². The molecule has 3 aromatic carbocycles. The third-order valence-corrected chi connectivity index (χ3v) is 6.99. The molecule has 0 saturated heterocycles. The summed E-state index contributed by atoms with van der Waals surface area (Å²) in [6.45, 7) is 2.21. The Bertz CT molecular complexity index is 1330. The molecule has 0 radical (unpaired) electrons. The third kappa shape index (κ3) is 5.52. The van der Waals surface area contributed by atoms with E-state index in [1.54, 1.807) is 30.3 Å². The second-order valence-electron chi connectivity index (χ2n) is 7.43. The van der Waals surface area contributed by atoms with Crippen LogP contribution in [0.4, 0.5) is 20.9 Å². The van der Waals surface area contributed by atoms with Crippen LogP contribution in [0.1, 0.15) is 22.8 Å². The van der Waals surface area contributed by atoms with Crippen LogP contribution in [-0.4, -0.2) is 25.5 Å². The summed E-state index contributed by atoms with van der Waals surface area (Å²) < 4.78 is 35.2. The predicted octanol–water partition coefficient (Wildman–Crippen LogP) is 4.64. The Morgan fingerprint density at radius 2 is 1.82 bits per heavy atom. The fraction of sp³-hybridized carbons (Fsp3) is 0.130. The summed E-state index contributed by atoms with van der Waals surface area (Å²) >= 11 is 1.45. The lowest BCUT2D eigenvalue weighted by atomic mass is 10.1. The van der Waals surface area contributed by atoms with Crippen molar-refractivity contribution >= 4 is 50.9 Å². The average Bonchev–Trinajstić information content (AvgIpc) is 2.79. The van der Waals surface area contributed by atoms with Gasteiger partial charge in [-0.2, -0.15) is 8.42 Å². The average molecular weight is 486 g/mol. The Morgan fingerprint density at radius 3 is 2.55 bits per heavy atom. The smallest absolute Gasteiger partial charge is 0.332 e. The van der Waals surface area contributed by atoms with E-state index in [4.69, 9.17) is 0 Å². The molecule has 2 amide bonds. The van der Waals surface area contributed by atoms with Gasteiger partial charge < -0.3 is 16.0 Å². The van der Waals surface area contributed by atoms with Crippen LogP contribution in [0.15, 0.2) is 76.5 Å². The summed E-state index contributed by atoms with van der Waals surface area (Å²) in [6.07, 6.45) is 0. The van der Waals surface area contributed by atoms with Gasteiger partial charge in [0.05, 0.1) is 10.9 Å². The molecule has 0 fully saturated rings. The van der Waals surface area contributed by atoms with Gasteiger partial charge in [0.25, 0.3) is 5.91 Å². The molecule has 1 aliphatic rings. The van der Waals surface area contributed by atoms with Crippen molar-refractivity contribution in [3.8, 4) is 0 Å². The third-order valence-electron chi connectivity index (χ3n) is 5.00. The number of carbonyl (C=O) groups is 2. The lowest BCUT2D eigenvalue weighted by molar-refractivity contribution is -0.115. The number of benzene rings is 3. The van der Waals surface area contributed by atoms with Crippen molar-refractivity contribution in [2.75, 3.05) is 16.0 Å². The number of anilines is 3. The zero-order valence-electron chi connectivity index (χ0n) is 17.5. The standard InChI is InChI=1S/C23H20FN3O4S2/c1-14-22(28)27-20-11-16(7-10-21(20)32-14)23(29)26-17-8-5-15(6-9-17)13-25-18-3-2-4-19(12-18)33(24,30)31/h2-12,14,25H,13H2,1H3,(H,26,29)(H,27,28)/t14-/m1/s1. The largest absolute Gasteiger partial charge is 0.381 e. The van der Waals surface area contributed by atoms with E-state index in [1.807, 2.05) is 25.1 Å². The Kier molecular flexibility index (Phi) is 6.39. The first-order valence-corrected chi connectivity index (χ1v) is 12.3. The van der Waals surface area contributed by atoms with Crippen molar-refractivity contribution in [3.05, 3.63) is 77.9 Å². The Labute approximate surface area is 195 Å². The number of thioether (sulfide) groups is 1. The summed E-state index contributed by atoms with van der Waals surface area (Å²) in [4.78, 5) is 25.0. The van der Waals surface area contributed by atoms with Gasteiger partial charge in [-0.1, -0.05) is 18.2 Å². The Morgan fingerprint density at radius 1 is 1.06 bits per heavy atom. The number of rotatable bonds is 6. The molecule has 7 nitrogen and oxygen atoms in total. The number of hydrogen-bond donors (Lipinski definition) is 3. The maximum absolute atomic E-state index is 13.1. The molecule has 1 atom stereocenters. The van der Waals surface area contributed by atoms with Crippen molar-refractivity contribution in [1.82, 2.24) is 0 Å². The minimum absolute atomic E-state index is 0.0905. The SMILES string of the molecule is C[C@H]1Sc2ccc(C(=O)Nc3ccc(CNc4cccc(S(=O)(=O)F)c4)cc3)cc2NC1=O. The number of amides is 2. The topological polar surface area (TPSA) is 104 Å². The maximum atomic E-state index is 13.1. The lowest BCUT2D eigenvalue weighted by Crippen LogP contribution is -2.26. The van der Waals surface area contributed by atoms with Crippen molar-refractivity contribution in [3.63, 3.8) is 0 Å². The quantitative estimate of drug-likeness (QED) is 0.440. The van der Waals surface area contributed by atoms with Gasteiger partial charge in [0.2, 0.25) is 5.91 Å². The zero-order chi connectivity index (χ0) is 23.6. The molecule has 170 valence electrons. The maximum Gasteiger partial charge on any atom is 0.332 e. The molecule has 33 heavy (non-hydrogen) atoms. The lowest BCUT2D eigenvalue weighted by Gasteiger charge is -2.21. The minimum Gasteiger partial charge on any atom is -0.381 e. The molecule has 0 unspecified atom stereocenters. The first kappa shape index (κ1) is 22.8. The summed E-state index contributed by atoms with van der Waals surface area (Å²) in [5.41, 5.74) is 3.00. The second kappa shape index (κ2) is 9.24. The first-order valence-electron chi connectivity index (χ1n) is 9.99. The van der Waals surface area contributed by atoms with Crippen LogP contribution in [-0.2, 0) is 21.6 Å². The molecular formula is C23H20FN3O4S2. The Balaban J connectivity index is 1.38. The van der Waals surface area contributed by atoms with Crippen LogP contribution in [0.5, 0.6) is 0 Å². The first-order chi connectivity index (χ1) is 15.7. The number of halogens is 1. The molecule has 4 rings (SSSR count). The van der Waals surface area contributed by atoms with E-state index in [0.29, 0.717) is 29.2 Å². The van der Waals surface area contributed by atoms with Gasteiger partial charge in [-0.15, -0.1) is 15.6 Å². The second-order valence-corrected chi connectivity index (χ2v) is 10.2. The monoisotopic (exact) mass is 485 g/mol. The fourth-order valence-corrected chi connectivity index (χ4v) is 4.66. The predicted molar refractivity (Wildman–Crippen MR) is 127 cm³/mol. The summed E-state index contributed by atoms with van der Waals surface area (Å²) in [7, 11) is -4.76. The molecule has 10 heteroatoms. The number of fused-ring (bicyclic) bond motifs is 1. The van der Waals surface area contributed by atoms with Gasteiger partial charge in [0.15, 0.2) is 0 Å². The van der Waals surface area contributed by atoms with Gasteiger partial charge in [-0.3, -0.25) is 9.59 Å². The Hall–Kier alpha value is -3.37. The van der Waals surface area contributed by atoms with Crippen LogP contribution in [0, 0.1) is 0 Å². The molecule has 1 heterocycles. The molecule has 0 aromatic heterocycles. The molecule has 3 aromatic rings. The van der Waals surface area contributed by atoms with E-state index < -0.39 is 15.1 Å². The summed E-state index contributed by atoms with van der Waals surface area (Å²) in [6, 6.07) is 17.8. The normalized spacial score (nSPS) is 15.3. The van der Waals surface area contributed by atoms with Crippen molar-refractivity contribution < 1.29 is 21.9 Å². The summed E-state index contributed by atoms with van der Waals surface area (Å²) in [5, 5.41) is 8.50. The highest BCUT2D eigenvalue weighted by Gasteiger charge is 2.23. The van der Waals surface area contributed by atoms with Crippen molar-refractivity contribution in [2.45, 2.75) is 28.5 Å². The fourth-order valence-electron chi connectivity index (χ4n) is 3.22. The van der Waals surface area contributed by atoms with E-state index in [9.17, 15) is 21.9 Å². The van der Waals surface area contributed by atoms with E-state index in [0.717, 1.165) is 10.5 Å². The van der Waals surface area contributed by atoms with E-state index in [2.05, 4.69) is 16.0 Å². The van der Waals surface area contributed by atoms with Gasteiger partial charge in [-0.05, 0) is 61.0 Å². The van der Waals surface area contributed by atoms with Gasteiger partial charge in [0, 0.05) is 28.4 Å². The van der Waals surface area contributed by atoms with E-state index >= 15 is 0 Å². The van der Waals surface area contributed by atoms with Gasteiger partial charge in [0.1, 0.15) is 4.90 Å². The summed E-state index contributed by atoms with van der Waals surface area (Å²) in [5.74, 6) is -0.391. The molecule has 0 bridgehead atoms. The van der Waals surface area contributed by atoms with Crippen LogP contribution < -0.4 is 16.0 Å². The van der Waals surface area contributed by atoms with E-state index in [-0.39, 0.29) is 17.1 Å². The van der Waals surface area contributed by atoms with Crippen LogP contribution in [0.25, 0.3) is 0 Å². The zero-order valence-corrected chi connectivity index (χ0v) is 19.1.